The highest BCUT2D eigenvalue weighted by atomic mass is 16.2. The maximum atomic E-state index is 11.2. The van der Waals surface area contributed by atoms with Crippen molar-refractivity contribution in [3.8, 4) is 0 Å². The zero-order valence-electron chi connectivity index (χ0n) is 7.68. The van der Waals surface area contributed by atoms with Crippen molar-refractivity contribution >= 4 is 12.1 Å². The van der Waals surface area contributed by atoms with E-state index in [1.165, 1.54) is 0 Å². The van der Waals surface area contributed by atoms with Crippen LogP contribution in [0.5, 0.6) is 0 Å². The summed E-state index contributed by atoms with van der Waals surface area (Å²) < 4.78 is 0. The second-order valence-electron chi connectivity index (χ2n) is 3.29. The Morgan fingerprint density at radius 1 is 1.64 bits per heavy atom. The lowest BCUT2D eigenvalue weighted by molar-refractivity contribution is -0.122. The Balaban J connectivity index is 1.85. The predicted molar refractivity (Wildman–Crippen MR) is 52.7 cm³/mol. The van der Waals surface area contributed by atoms with Gasteiger partial charge in [0.2, 0.25) is 5.91 Å². The highest BCUT2D eigenvalue weighted by molar-refractivity contribution is 5.84. The molecule has 0 spiro atoms. The Morgan fingerprint density at radius 2 is 2.50 bits per heavy atom. The molecule has 4 heteroatoms. The Kier molecular flexibility index (Phi) is 2.53. The van der Waals surface area contributed by atoms with Gasteiger partial charge in [-0.05, 0) is 18.9 Å². The lowest BCUT2D eigenvalue weighted by atomic mass is 10.3. The average Bonchev–Trinajstić information content (AvgIpc) is 3.02. The largest absolute Gasteiger partial charge is 0.273 e. The number of amides is 1. The van der Waals surface area contributed by atoms with Crippen LogP contribution in [-0.2, 0) is 4.79 Å². The van der Waals surface area contributed by atoms with Crippen LogP contribution in [0.25, 0.3) is 0 Å². The van der Waals surface area contributed by atoms with E-state index < -0.39 is 0 Å². The van der Waals surface area contributed by atoms with Crippen molar-refractivity contribution in [1.29, 1.82) is 0 Å². The molecule has 1 aliphatic carbocycles. The first-order valence-corrected chi connectivity index (χ1v) is 4.59. The minimum Gasteiger partial charge on any atom is -0.273 e. The summed E-state index contributed by atoms with van der Waals surface area (Å²) in [4.78, 5) is 15.1. The van der Waals surface area contributed by atoms with Crippen LogP contribution in [0.1, 0.15) is 18.4 Å². The number of hydrazone groups is 1. The number of carbonyl (C=O) groups is 1. The van der Waals surface area contributed by atoms with Gasteiger partial charge in [-0.1, -0.05) is 6.07 Å². The molecule has 72 valence electrons. The smallest absolute Gasteiger partial charge is 0.243 e. The Morgan fingerprint density at radius 3 is 3.14 bits per heavy atom. The van der Waals surface area contributed by atoms with Crippen molar-refractivity contribution in [2.45, 2.75) is 12.8 Å². The summed E-state index contributed by atoms with van der Waals surface area (Å²) in [7, 11) is 0. The minimum atomic E-state index is 0.0186. The maximum absolute atomic E-state index is 11.2. The zero-order valence-corrected chi connectivity index (χ0v) is 7.68. The first kappa shape index (κ1) is 8.87. The van der Waals surface area contributed by atoms with Gasteiger partial charge in [0.15, 0.2) is 0 Å². The molecule has 0 saturated heterocycles. The van der Waals surface area contributed by atoms with Crippen LogP contribution < -0.4 is 5.43 Å². The number of nitrogens with one attached hydrogen (secondary N) is 1. The van der Waals surface area contributed by atoms with Crippen molar-refractivity contribution in [3.05, 3.63) is 30.1 Å². The molecule has 0 bridgehead atoms. The van der Waals surface area contributed by atoms with Gasteiger partial charge in [-0.25, -0.2) is 5.43 Å². The van der Waals surface area contributed by atoms with Gasteiger partial charge in [-0.3, -0.25) is 9.78 Å². The lowest BCUT2D eigenvalue weighted by Crippen LogP contribution is -2.18. The molecule has 0 atom stereocenters. The average molecular weight is 189 g/mol. The first-order valence-electron chi connectivity index (χ1n) is 4.59. The lowest BCUT2D eigenvalue weighted by Gasteiger charge is -1.94. The number of rotatable bonds is 3. The van der Waals surface area contributed by atoms with Gasteiger partial charge in [0.1, 0.15) is 0 Å². The molecular formula is C10H11N3O. The Labute approximate surface area is 82.0 Å². The molecule has 0 aliphatic heterocycles. The van der Waals surface area contributed by atoms with Crippen molar-refractivity contribution in [2.75, 3.05) is 0 Å². The second-order valence-corrected chi connectivity index (χ2v) is 3.29. The molecule has 4 nitrogen and oxygen atoms in total. The van der Waals surface area contributed by atoms with Crippen LogP contribution >= 0.6 is 0 Å². The summed E-state index contributed by atoms with van der Waals surface area (Å²) in [6, 6.07) is 3.70. The molecule has 14 heavy (non-hydrogen) atoms. The third-order valence-electron chi connectivity index (χ3n) is 2.02. The van der Waals surface area contributed by atoms with Crippen LogP contribution in [0.3, 0.4) is 0 Å². The highest BCUT2D eigenvalue weighted by Gasteiger charge is 2.29. The summed E-state index contributed by atoms with van der Waals surface area (Å²) in [6.07, 6.45) is 6.96. The maximum Gasteiger partial charge on any atom is 0.243 e. The normalized spacial score (nSPS) is 15.7. The van der Waals surface area contributed by atoms with Crippen LogP contribution in [0.4, 0.5) is 0 Å². The summed E-state index contributed by atoms with van der Waals surface area (Å²) in [5, 5.41) is 3.84. The van der Waals surface area contributed by atoms with E-state index in [0.29, 0.717) is 0 Å². The fourth-order valence-corrected chi connectivity index (χ4v) is 1.06. The molecule has 1 aromatic rings. The second kappa shape index (κ2) is 4.00. The van der Waals surface area contributed by atoms with Gasteiger partial charge < -0.3 is 0 Å². The molecular weight excluding hydrogens is 178 g/mol. The highest BCUT2D eigenvalue weighted by Crippen LogP contribution is 2.28. The summed E-state index contributed by atoms with van der Waals surface area (Å²) in [5.74, 6) is 0.214. The molecule has 1 saturated carbocycles. The van der Waals surface area contributed by atoms with Crippen LogP contribution in [0.2, 0.25) is 0 Å². The Hall–Kier alpha value is -1.71. The number of hydrogen-bond donors (Lipinski definition) is 1. The SMILES string of the molecule is O=C(N/N=C/c1cccnc1)C1CC1. The van der Waals surface area contributed by atoms with E-state index in [1.807, 2.05) is 12.1 Å². The fourth-order valence-electron chi connectivity index (χ4n) is 1.06. The zero-order chi connectivity index (χ0) is 9.80. The van der Waals surface area contributed by atoms with Gasteiger partial charge in [0.05, 0.1) is 6.21 Å². The third-order valence-corrected chi connectivity index (χ3v) is 2.02. The number of pyridine rings is 1. The van der Waals surface area contributed by atoms with Crippen LogP contribution in [0, 0.1) is 5.92 Å². The van der Waals surface area contributed by atoms with Crippen molar-refractivity contribution < 1.29 is 4.79 Å². The predicted octanol–water partition coefficient (Wildman–Crippen LogP) is 0.942. The summed E-state index contributed by atoms with van der Waals surface area (Å²) >= 11 is 0. The molecule has 1 amide bonds. The van der Waals surface area contributed by atoms with E-state index in [9.17, 15) is 4.79 Å². The molecule has 1 aliphatic rings. The quantitative estimate of drug-likeness (QED) is 0.568. The molecule has 0 radical (unpaired) electrons. The van der Waals surface area contributed by atoms with E-state index in [4.69, 9.17) is 0 Å². The van der Waals surface area contributed by atoms with Crippen LogP contribution in [-0.4, -0.2) is 17.1 Å². The van der Waals surface area contributed by atoms with Crippen molar-refractivity contribution in [3.63, 3.8) is 0 Å². The first-order chi connectivity index (χ1) is 6.86. The summed E-state index contributed by atoms with van der Waals surface area (Å²) in [6.45, 7) is 0. The third kappa shape index (κ3) is 2.39. The van der Waals surface area contributed by atoms with E-state index in [0.717, 1.165) is 18.4 Å². The number of carbonyl (C=O) groups excluding carboxylic acids is 1. The topological polar surface area (TPSA) is 54.4 Å². The van der Waals surface area contributed by atoms with Gasteiger partial charge >= 0.3 is 0 Å². The van der Waals surface area contributed by atoms with Gasteiger partial charge in [-0.2, -0.15) is 5.10 Å². The fraction of sp³-hybridized carbons (Fsp3) is 0.300. The number of hydrogen-bond acceptors (Lipinski definition) is 3. The van der Waals surface area contributed by atoms with Gasteiger partial charge in [-0.15, -0.1) is 0 Å². The van der Waals surface area contributed by atoms with E-state index in [1.54, 1.807) is 18.6 Å². The van der Waals surface area contributed by atoms with Crippen molar-refractivity contribution in [2.24, 2.45) is 11.0 Å². The van der Waals surface area contributed by atoms with Crippen molar-refractivity contribution in [1.82, 2.24) is 10.4 Å². The molecule has 1 aromatic heterocycles. The monoisotopic (exact) mass is 189 g/mol. The molecule has 2 rings (SSSR count). The molecule has 1 N–H and O–H groups in total. The van der Waals surface area contributed by atoms with Crippen LogP contribution in [0.15, 0.2) is 29.6 Å². The van der Waals surface area contributed by atoms with E-state index in [2.05, 4.69) is 15.5 Å². The summed E-state index contributed by atoms with van der Waals surface area (Å²) in [5.41, 5.74) is 3.37. The van der Waals surface area contributed by atoms with Gasteiger partial charge in [0, 0.05) is 23.9 Å². The molecule has 0 unspecified atom stereocenters. The van der Waals surface area contributed by atoms with E-state index in [-0.39, 0.29) is 11.8 Å². The number of nitrogens with zero attached hydrogens (tertiary/aromatic N) is 2. The molecule has 1 fully saturated rings. The minimum absolute atomic E-state index is 0.0186. The molecule has 1 heterocycles. The van der Waals surface area contributed by atoms with E-state index >= 15 is 0 Å². The standard InChI is InChI=1S/C10H11N3O/c14-10(9-3-4-9)13-12-7-8-2-1-5-11-6-8/h1-2,5-7,9H,3-4H2,(H,13,14)/b12-7+. The van der Waals surface area contributed by atoms with Gasteiger partial charge in [0.25, 0.3) is 0 Å². The molecule has 0 aromatic carbocycles. The Bertz CT molecular complexity index is 344. The number of aromatic nitrogens is 1.